The molecule has 1 heterocycles. The maximum absolute atomic E-state index is 12.5. The first-order valence-corrected chi connectivity index (χ1v) is 9.99. The molecule has 0 aliphatic carbocycles. The molecule has 2 aromatic carbocycles. The lowest BCUT2D eigenvalue weighted by Gasteiger charge is -2.10. The summed E-state index contributed by atoms with van der Waals surface area (Å²) in [6.45, 7) is 2.01. The van der Waals surface area contributed by atoms with Crippen LogP contribution in [0.15, 0.2) is 53.9 Å². The first kappa shape index (κ1) is 18.9. The summed E-state index contributed by atoms with van der Waals surface area (Å²) in [7, 11) is 0. The van der Waals surface area contributed by atoms with E-state index in [1.54, 1.807) is 30.3 Å². The fourth-order valence-electron chi connectivity index (χ4n) is 2.23. The van der Waals surface area contributed by atoms with Gasteiger partial charge < -0.3 is 10.6 Å². The third kappa shape index (κ3) is 4.44. The standard InChI is InChI=1S/C19H14ClIN2O2S/c1-11-4-6-13(10-15(11)21)22-18(24)12-5-7-14(20)16(9-12)23-19(25)17-3-2-8-26-17/h2-10H,1H3,(H,22,24)(H,23,25). The minimum absolute atomic E-state index is 0.257. The third-order valence-electron chi connectivity index (χ3n) is 3.65. The zero-order valence-corrected chi connectivity index (χ0v) is 17.4. The number of anilines is 2. The molecule has 2 N–H and O–H groups in total. The zero-order valence-electron chi connectivity index (χ0n) is 13.7. The van der Waals surface area contributed by atoms with Crippen molar-refractivity contribution in [1.82, 2.24) is 0 Å². The maximum Gasteiger partial charge on any atom is 0.265 e. The van der Waals surface area contributed by atoms with Crippen molar-refractivity contribution < 1.29 is 9.59 Å². The van der Waals surface area contributed by atoms with Crippen molar-refractivity contribution in [2.45, 2.75) is 6.92 Å². The number of aryl methyl sites for hydroxylation is 1. The van der Waals surface area contributed by atoms with Crippen LogP contribution in [0.5, 0.6) is 0 Å². The van der Waals surface area contributed by atoms with Crippen molar-refractivity contribution >= 4 is 68.7 Å². The molecule has 4 nitrogen and oxygen atoms in total. The van der Waals surface area contributed by atoms with E-state index in [0.29, 0.717) is 26.8 Å². The van der Waals surface area contributed by atoms with E-state index in [-0.39, 0.29) is 11.8 Å². The van der Waals surface area contributed by atoms with Crippen molar-refractivity contribution in [1.29, 1.82) is 0 Å². The molecule has 0 fully saturated rings. The second-order valence-corrected chi connectivity index (χ2v) is 8.06. The number of benzene rings is 2. The van der Waals surface area contributed by atoms with E-state index in [0.717, 1.165) is 9.13 Å². The molecule has 1 aromatic heterocycles. The monoisotopic (exact) mass is 496 g/mol. The number of halogens is 2. The average Bonchev–Trinajstić information content (AvgIpc) is 3.15. The largest absolute Gasteiger partial charge is 0.322 e. The summed E-state index contributed by atoms with van der Waals surface area (Å²) in [6, 6.07) is 14.0. The first-order valence-electron chi connectivity index (χ1n) is 7.66. The molecule has 3 rings (SSSR count). The van der Waals surface area contributed by atoms with Crippen molar-refractivity contribution in [2.75, 3.05) is 10.6 Å². The van der Waals surface area contributed by atoms with Crippen LogP contribution in [-0.4, -0.2) is 11.8 Å². The van der Waals surface area contributed by atoms with Gasteiger partial charge in [0.05, 0.1) is 15.6 Å². The SMILES string of the molecule is Cc1ccc(NC(=O)c2ccc(Cl)c(NC(=O)c3cccs3)c2)cc1I. The zero-order chi connectivity index (χ0) is 18.7. The molecule has 0 radical (unpaired) electrons. The van der Waals surface area contributed by atoms with Gasteiger partial charge in [0.2, 0.25) is 0 Å². The molecule has 2 amide bonds. The quantitative estimate of drug-likeness (QED) is 0.447. The van der Waals surface area contributed by atoms with Gasteiger partial charge in [-0.25, -0.2) is 0 Å². The summed E-state index contributed by atoms with van der Waals surface area (Å²) < 4.78 is 1.07. The van der Waals surface area contributed by atoms with Crippen LogP contribution in [0.3, 0.4) is 0 Å². The summed E-state index contributed by atoms with van der Waals surface area (Å²) in [6.07, 6.45) is 0. The van der Waals surface area contributed by atoms with Gasteiger partial charge in [0.15, 0.2) is 0 Å². The third-order valence-corrected chi connectivity index (χ3v) is 6.01. The van der Waals surface area contributed by atoms with Crippen molar-refractivity contribution in [3.05, 3.63) is 78.5 Å². The first-order chi connectivity index (χ1) is 12.4. The van der Waals surface area contributed by atoms with E-state index in [4.69, 9.17) is 11.6 Å². The molecular weight excluding hydrogens is 483 g/mol. The predicted octanol–water partition coefficient (Wildman–Crippen LogP) is 5.82. The second-order valence-electron chi connectivity index (χ2n) is 5.54. The lowest BCUT2D eigenvalue weighted by Crippen LogP contribution is -2.14. The van der Waals surface area contributed by atoms with Crippen LogP contribution in [0.1, 0.15) is 25.6 Å². The highest BCUT2D eigenvalue weighted by molar-refractivity contribution is 14.1. The smallest absolute Gasteiger partial charge is 0.265 e. The Bertz CT molecular complexity index is 974. The van der Waals surface area contributed by atoms with Gasteiger partial charge in [0, 0.05) is 14.8 Å². The minimum atomic E-state index is -0.270. The van der Waals surface area contributed by atoms with E-state index < -0.39 is 0 Å². The fourth-order valence-corrected chi connectivity index (χ4v) is 3.53. The van der Waals surface area contributed by atoms with Crippen LogP contribution >= 0.6 is 45.5 Å². The number of rotatable bonds is 4. The van der Waals surface area contributed by atoms with Gasteiger partial charge in [-0.3, -0.25) is 9.59 Å². The molecule has 0 spiro atoms. The summed E-state index contributed by atoms with van der Waals surface area (Å²) in [4.78, 5) is 25.3. The Morgan fingerprint density at radius 2 is 1.85 bits per heavy atom. The summed E-state index contributed by atoms with van der Waals surface area (Å²) in [5.74, 6) is -0.527. The Hall–Kier alpha value is -1.90. The Kier molecular flexibility index (Phi) is 5.95. The van der Waals surface area contributed by atoms with Gasteiger partial charge in [-0.2, -0.15) is 0 Å². The predicted molar refractivity (Wildman–Crippen MR) is 116 cm³/mol. The molecule has 0 bridgehead atoms. The number of nitrogens with one attached hydrogen (secondary N) is 2. The molecule has 0 aliphatic heterocycles. The summed E-state index contributed by atoms with van der Waals surface area (Å²) in [5, 5.41) is 7.80. The van der Waals surface area contributed by atoms with Gasteiger partial charge >= 0.3 is 0 Å². The van der Waals surface area contributed by atoms with Crippen molar-refractivity contribution in [2.24, 2.45) is 0 Å². The van der Waals surface area contributed by atoms with E-state index >= 15 is 0 Å². The summed E-state index contributed by atoms with van der Waals surface area (Å²) in [5.41, 5.74) is 2.67. The van der Waals surface area contributed by atoms with E-state index in [2.05, 4.69) is 33.2 Å². The van der Waals surface area contributed by atoms with Gasteiger partial charge in [-0.05, 0) is 76.9 Å². The number of amides is 2. The lowest BCUT2D eigenvalue weighted by atomic mass is 10.1. The van der Waals surface area contributed by atoms with Crippen LogP contribution < -0.4 is 10.6 Å². The molecule has 0 saturated carbocycles. The van der Waals surface area contributed by atoms with Crippen molar-refractivity contribution in [3.63, 3.8) is 0 Å². The highest BCUT2D eigenvalue weighted by Gasteiger charge is 2.13. The molecule has 0 unspecified atom stereocenters. The molecule has 7 heteroatoms. The number of hydrogen-bond acceptors (Lipinski definition) is 3. The van der Waals surface area contributed by atoms with Crippen LogP contribution in [0.2, 0.25) is 5.02 Å². The fraction of sp³-hybridized carbons (Fsp3) is 0.0526. The van der Waals surface area contributed by atoms with Crippen molar-refractivity contribution in [3.8, 4) is 0 Å². The lowest BCUT2D eigenvalue weighted by molar-refractivity contribution is 0.101. The van der Waals surface area contributed by atoms with Crippen LogP contribution in [0.25, 0.3) is 0 Å². The molecule has 3 aromatic rings. The van der Waals surface area contributed by atoms with E-state index in [1.165, 1.54) is 11.3 Å². The molecular formula is C19H14ClIN2O2S. The van der Waals surface area contributed by atoms with E-state index in [9.17, 15) is 9.59 Å². The second kappa shape index (κ2) is 8.20. The number of carbonyl (C=O) groups is 2. The highest BCUT2D eigenvalue weighted by Crippen LogP contribution is 2.25. The Labute approximate surface area is 173 Å². The van der Waals surface area contributed by atoms with Gasteiger partial charge in [0.1, 0.15) is 0 Å². The number of carbonyl (C=O) groups excluding carboxylic acids is 2. The van der Waals surface area contributed by atoms with Crippen LogP contribution in [0.4, 0.5) is 11.4 Å². The van der Waals surface area contributed by atoms with Gasteiger partial charge in [0.25, 0.3) is 11.8 Å². The minimum Gasteiger partial charge on any atom is -0.322 e. The van der Waals surface area contributed by atoms with Gasteiger partial charge in [-0.1, -0.05) is 23.7 Å². The molecule has 132 valence electrons. The topological polar surface area (TPSA) is 58.2 Å². The highest BCUT2D eigenvalue weighted by atomic mass is 127. The number of thiophene rings is 1. The molecule has 0 saturated heterocycles. The van der Waals surface area contributed by atoms with Crippen LogP contribution in [0, 0.1) is 10.5 Å². The Balaban J connectivity index is 1.78. The van der Waals surface area contributed by atoms with Crippen LogP contribution in [-0.2, 0) is 0 Å². The molecule has 0 atom stereocenters. The molecule has 26 heavy (non-hydrogen) atoms. The summed E-state index contributed by atoms with van der Waals surface area (Å²) >= 11 is 9.72. The van der Waals surface area contributed by atoms with Gasteiger partial charge in [-0.15, -0.1) is 11.3 Å². The maximum atomic E-state index is 12.5. The number of hydrogen-bond donors (Lipinski definition) is 2. The Morgan fingerprint density at radius 3 is 2.54 bits per heavy atom. The molecule has 0 aliphatic rings. The Morgan fingerprint density at radius 1 is 1.04 bits per heavy atom. The van der Waals surface area contributed by atoms with E-state index in [1.807, 2.05) is 30.5 Å². The normalized spacial score (nSPS) is 10.4. The average molecular weight is 497 g/mol.